The number of hydrogen-bond acceptors (Lipinski definition) is 4. The fraction of sp³-hybridized carbons (Fsp3) is 0.105. The summed E-state index contributed by atoms with van der Waals surface area (Å²) >= 11 is 0. The van der Waals surface area contributed by atoms with Crippen LogP contribution < -0.4 is 4.90 Å². The minimum Gasteiger partial charge on any atom is -0.455 e. The van der Waals surface area contributed by atoms with Gasteiger partial charge in [0.25, 0.3) is 0 Å². The third-order valence-electron chi connectivity index (χ3n) is 11.0. The van der Waals surface area contributed by atoms with Gasteiger partial charge in [-0.05, 0) is 122 Å². The third-order valence-corrected chi connectivity index (χ3v) is 11.0. The number of rotatable bonds is 11. The Morgan fingerprint density at radius 3 is 2.08 bits per heavy atom. The highest BCUT2D eigenvalue weighted by atomic mass is 16.3. The number of benzene rings is 5. The number of furan rings is 1. The molecule has 0 aliphatic heterocycles. The van der Waals surface area contributed by atoms with Crippen molar-refractivity contribution in [3.05, 3.63) is 217 Å². The molecule has 0 spiro atoms. The average Bonchev–Trinajstić information content (AvgIpc) is 3.89. The first-order valence-electron chi connectivity index (χ1n) is 20.9. The third kappa shape index (κ3) is 8.66. The minimum atomic E-state index is 0.620. The van der Waals surface area contributed by atoms with Crippen molar-refractivity contribution >= 4 is 60.6 Å². The van der Waals surface area contributed by atoms with Crippen LogP contribution in [0.5, 0.6) is 0 Å². The van der Waals surface area contributed by atoms with Crippen molar-refractivity contribution < 1.29 is 8.83 Å². The molecule has 2 aromatic heterocycles. The van der Waals surface area contributed by atoms with Gasteiger partial charge in [-0.2, -0.15) is 0 Å². The molecule has 0 unspecified atom stereocenters. The van der Waals surface area contributed by atoms with Gasteiger partial charge < -0.3 is 13.7 Å². The molecule has 61 heavy (non-hydrogen) atoms. The Bertz CT molecular complexity index is 3080. The van der Waals surface area contributed by atoms with E-state index in [9.17, 15) is 0 Å². The molecule has 0 fully saturated rings. The number of allylic oxidation sites excluding steroid dienone is 11. The number of para-hydroxylation sites is 2. The van der Waals surface area contributed by atoms with Crippen LogP contribution in [0.3, 0.4) is 0 Å². The topological polar surface area (TPSA) is 42.4 Å². The van der Waals surface area contributed by atoms with Crippen LogP contribution in [0.25, 0.3) is 77.5 Å². The highest BCUT2D eigenvalue weighted by Crippen LogP contribution is 2.40. The standard InChI is InChI=1S/C57H50N2O2/c1-6-9-10-20-38-59(45-33-30-43(31-34-45)42(8-3)21-7-2)41(5)29-28-40(4)46-22-14-12-11-13-15-25-50-52-39-44(32-37-54(52)60-56(46)50)47-35-36-51(49-24-17-16-23-48(47)49)57-58-53-26-18-19-27-55(53)61-57/h6-37,39H,38H2,1-5H3/b9-6-,12-11?,13-11?,14-12?,15-13?,20-10-,21-7-,22-14?,25-15?,40-28+,41-29+,42-8+,46-22?,50-25?,56-46?. The van der Waals surface area contributed by atoms with Crippen LogP contribution in [0.2, 0.25) is 0 Å². The summed E-state index contributed by atoms with van der Waals surface area (Å²) in [5.74, 6) is 0.620. The predicted molar refractivity (Wildman–Crippen MR) is 261 cm³/mol. The van der Waals surface area contributed by atoms with Gasteiger partial charge in [0, 0.05) is 39.8 Å². The van der Waals surface area contributed by atoms with Crippen molar-refractivity contribution in [2.24, 2.45) is 0 Å². The monoisotopic (exact) mass is 794 g/mol. The lowest BCUT2D eigenvalue weighted by molar-refractivity contribution is 0.620. The van der Waals surface area contributed by atoms with Crippen molar-refractivity contribution in [3.63, 3.8) is 0 Å². The molecule has 0 saturated heterocycles. The zero-order valence-electron chi connectivity index (χ0n) is 35.5. The van der Waals surface area contributed by atoms with E-state index in [2.05, 4.69) is 203 Å². The van der Waals surface area contributed by atoms with E-state index in [1.165, 1.54) is 11.1 Å². The van der Waals surface area contributed by atoms with Crippen molar-refractivity contribution in [1.82, 2.24) is 4.98 Å². The van der Waals surface area contributed by atoms with Crippen molar-refractivity contribution in [3.8, 4) is 22.6 Å². The first-order chi connectivity index (χ1) is 30.0. The Labute approximate surface area is 358 Å². The van der Waals surface area contributed by atoms with E-state index in [1.54, 1.807) is 0 Å². The van der Waals surface area contributed by atoms with Gasteiger partial charge in [0.05, 0.1) is 0 Å². The molecule has 8 rings (SSSR count). The summed E-state index contributed by atoms with van der Waals surface area (Å²) in [5, 5.41) is 4.31. The van der Waals surface area contributed by atoms with Crippen molar-refractivity contribution in [1.29, 1.82) is 0 Å². The lowest BCUT2D eigenvalue weighted by atomic mass is 9.94. The Morgan fingerprint density at radius 1 is 0.607 bits per heavy atom. The molecule has 8 aromatic rings. The molecule has 6 aromatic carbocycles. The molecule has 0 saturated carbocycles. The largest absolute Gasteiger partial charge is 0.455 e. The summed E-state index contributed by atoms with van der Waals surface area (Å²) < 4.78 is 13.0. The Hall–Kier alpha value is -7.43. The number of anilines is 1. The Morgan fingerprint density at radius 2 is 1.31 bits per heavy atom. The SMILES string of the molecule is C/C=C\C=C/CN(/C(C)=C/C=C(\C)c1cccccccc2c1oc1ccc(-c3ccc(-c4nc5ccccc5o4)c4ccccc34)cc12)c1ccc(C(/C=C\C)=C/C)cc1. The van der Waals surface area contributed by atoms with E-state index in [-0.39, 0.29) is 0 Å². The second-order valence-corrected chi connectivity index (χ2v) is 15.0. The van der Waals surface area contributed by atoms with Crippen LogP contribution in [-0.4, -0.2) is 11.5 Å². The van der Waals surface area contributed by atoms with Crippen LogP contribution in [0.1, 0.15) is 45.7 Å². The van der Waals surface area contributed by atoms with Crippen LogP contribution in [0, 0.1) is 0 Å². The lowest BCUT2D eigenvalue weighted by Gasteiger charge is -2.24. The van der Waals surface area contributed by atoms with E-state index >= 15 is 0 Å². The molecule has 0 amide bonds. The molecule has 0 aliphatic carbocycles. The molecule has 4 heteroatoms. The molecule has 300 valence electrons. The summed E-state index contributed by atoms with van der Waals surface area (Å²) in [6.45, 7) is 11.2. The average molecular weight is 795 g/mol. The highest BCUT2D eigenvalue weighted by molar-refractivity contribution is 6.10. The molecular weight excluding hydrogens is 745 g/mol. The summed E-state index contributed by atoms with van der Waals surface area (Å²) in [7, 11) is 0. The summed E-state index contributed by atoms with van der Waals surface area (Å²) in [4.78, 5) is 7.17. The number of fused-ring (bicyclic) bond motifs is 5. The van der Waals surface area contributed by atoms with E-state index < -0.39 is 0 Å². The van der Waals surface area contributed by atoms with Crippen LogP contribution in [0.4, 0.5) is 5.69 Å². The molecule has 0 N–H and O–H groups in total. The maximum Gasteiger partial charge on any atom is 0.227 e. The summed E-state index contributed by atoms with van der Waals surface area (Å²) in [6.07, 6.45) is 19.2. The molecule has 4 nitrogen and oxygen atoms in total. The Balaban J connectivity index is 1.20. The number of oxazole rings is 1. The maximum absolute atomic E-state index is 6.80. The Kier molecular flexibility index (Phi) is 12.3. The van der Waals surface area contributed by atoms with Crippen LogP contribution in [0.15, 0.2) is 215 Å². The van der Waals surface area contributed by atoms with Gasteiger partial charge in [-0.3, -0.25) is 0 Å². The molecule has 0 aliphatic rings. The van der Waals surface area contributed by atoms with Gasteiger partial charge in [0.2, 0.25) is 5.89 Å². The minimum absolute atomic E-state index is 0.620. The summed E-state index contributed by atoms with van der Waals surface area (Å²) in [6, 6.07) is 50.7. The van der Waals surface area contributed by atoms with Gasteiger partial charge in [0.1, 0.15) is 16.7 Å². The van der Waals surface area contributed by atoms with E-state index in [1.807, 2.05) is 37.3 Å². The van der Waals surface area contributed by atoms with Crippen LogP contribution in [-0.2, 0) is 0 Å². The fourth-order valence-electron chi connectivity index (χ4n) is 7.86. The predicted octanol–water partition coefficient (Wildman–Crippen LogP) is 16.3. The molecule has 0 radical (unpaired) electrons. The molecule has 0 atom stereocenters. The molecule has 0 bridgehead atoms. The second kappa shape index (κ2) is 18.7. The first kappa shape index (κ1) is 40.4. The van der Waals surface area contributed by atoms with Gasteiger partial charge in [-0.25, -0.2) is 4.98 Å². The number of nitrogens with zero attached hydrogens (tertiary/aromatic N) is 2. The smallest absolute Gasteiger partial charge is 0.227 e. The van der Waals surface area contributed by atoms with Crippen LogP contribution >= 0.6 is 0 Å². The molecular formula is C57H50N2O2. The zero-order chi connectivity index (χ0) is 42.1. The fourth-order valence-corrected chi connectivity index (χ4v) is 7.86. The van der Waals surface area contributed by atoms with Gasteiger partial charge in [-0.15, -0.1) is 0 Å². The van der Waals surface area contributed by atoms with Crippen molar-refractivity contribution in [2.45, 2.75) is 34.6 Å². The number of aromatic nitrogens is 1. The number of hydrogen-bond donors (Lipinski definition) is 0. The lowest BCUT2D eigenvalue weighted by Crippen LogP contribution is -2.20. The quantitative estimate of drug-likeness (QED) is 0.122. The highest BCUT2D eigenvalue weighted by Gasteiger charge is 2.17. The van der Waals surface area contributed by atoms with E-state index in [0.29, 0.717) is 5.89 Å². The van der Waals surface area contributed by atoms with Gasteiger partial charge in [0.15, 0.2) is 5.58 Å². The first-order valence-corrected chi connectivity index (χ1v) is 20.9. The normalized spacial score (nSPS) is 12.8. The van der Waals surface area contributed by atoms with E-state index in [0.717, 1.165) is 89.6 Å². The second-order valence-electron chi connectivity index (χ2n) is 15.0. The van der Waals surface area contributed by atoms with Gasteiger partial charge in [-0.1, -0.05) is 152 Å². The zero-order valence-corrected chi connectivity index (χ0v) is 35.5. The summed E-state index contributed by atoms with van der Waals surface area (Å²) in [5.41, 5.74) is 13.3. The van der Waals surface area contributed by atoms with E-state index in [4.69, 9.17) is 13.8 Å². The van der Waals surface area contributed by atoms with Crippen molar-refractivity contribution in [2.75, 3.05) is 11.4 Å². The van der Waals surface area contributed by atoms with Gasteiger partial charge >= 0.3 is 0 Å². The maximum atomic E-state index is 6.80. The molecule has 2 heterocycles.